The number of nitrogens with zero attached hydrogens (tertiary/aromatic N) is 3. The summed E-state index contributed by atoms with van der Waals surface area (Å²) in [6.07, 6.45) is 0. The Bertz CT molecular complexity index is 1050. The van der Waals surface area contributed by atoms with Crippen molar-refractivity contribution in [3.8, 4) is 5.75 Å². The molecule has 0 aliphatic carbocycles. The first-order valence-electron chi connectivity index (χ1n) is 9.80. The molecule has 0 saturated carbocycles. The minimum Gasteiger partial charge on any atom is -0.497 e. The number of hydrogen-bond acceptors (Lipinski definition) is 5. The molecule has 0 bridgehead atoms. The second-order valence-corrected chi connectivity index (χ2v) is 7.79. The van der Waals surface area contributed by atoms with Crippen LogP contribution >= 0.6 is 11.6 Å². The Morgan fingerprint density at radius 1 is 1.03 bits per heavy atom. The molecule has 1 amide bonds. The third kappa shape index (κ3) is 3.83. The van der Waals surface area contributed by atoms with E-state index in [1.807, 2.05) is 56.3 Å². The normalized spacial score (nSPS) is 14.0. The van der Waals surface area contributed by atoms with E-state index in [0.29, 0.717) is 18.1 Å². The monoisotopic (exact) mass is 422 g/mol. The Morgan fingerprint density at radius 3 is 2.33 bits per heavy atom. The van der Waals surface area contributed by atoms with Crippen LogP contribution < -0.4 is 10.1 Å². The number of methoxy groups -OCH3 is 1. The molecule has 1 aliphatic heterocycles. The molecule has 3 aromatic rings. The van der Waals surface area contributed by atoms with E-state index in [0.717, 1.165) is 22.4 Å². The van der Waals surface area contributed by atoms with Gasteiger partial charge in [-0.1, -0.05) is 42.5 Å². The molecule has 1 atom stereocenters. The van der Waals surface area contributed by atoms with Crippen LogP contribution in [-0.4, -0.2) is 33.9 Å². The molecule has 154 valence electrons. The van der Waals surface area contributed by atoms with Gasteiger partial charge in [-0.3, -0.25) is 4.79 Å². The molecule has 6 nitrogen and oxygen atoms in total. The number of benzene rings is 2. The Labute approximate surface area is 180 Å². The summed E-state index contributed by atoms with van der Waals surface area (Å²) in [5.41, 5.74) is 3.24. The van der Waals surface area contributed by atoms with E-state index in [4.69, 9.17) is 16.3 Å². The van der Waals surface area contributed by atoms with E-state index in [1.165, 1.54) is 0 Å². The maximum Gasteiger partial charge on any atom is 0.273 e. The van der Waals surface area contributed by atoms with Crippen LogP contribution in [0.4, 0.5) is 5.82 Å². The first kappa shape index (κ1) is 20.2. The largest absolute Gasteiger partial charge is 0.497 e. The summed E-state index contributed by atoms with van der Waals surface area (Å²) in [4.78, 5) is 23.2. The lowest BCUT2D eigenvalue weighted by Crippen LogP contribution is -2.31. The van der Waals surface area contributed by atoms with Gasteiger partial charge < -0.3 is 15.0 Å². The maximum atomic E-state index is 12.8. The van der Waals surface area contributed by atoms with Gasteiger partial charge in [0.1, 0.15) is 17.3 Å². The molecule has 30 heavy (non-hydrogen) atoms. The zero-order valence-corrected chi connectivity index (χ0v) is 17.8. The van der Waals surface area contributed by atoms with Crippen molar-refractivity contribution in [1.29, 1.82) is 0 Å². The van der Waals surface area contributed by atoms with E-state index in [1.54, 1.807) is 12.0 Å². The Hall–Kier alpha value is -3.12. The number of aromatic nitrogens is 2. The number of halogens is 1. The van der Waals surface area contributed by atoms with Crippen molar-refractivity contribution < 1.29 is 9.53 Å². The molecule has 1 aliphatic rings. The van der Waals surface area contributed by atoms with Crippen molar-refractivity contribution in [2.45, 2.75) is 32.5 Å². The number of rotatable bonds is 6. The van der Waals surface area contributed by atoms with Gasteiger partial charge in [-0.15, -0.1) is 0 Å². The molecule has 2 aromatic carbocycles. The lowest BCUT2D eigenvalue weighted by molar-refractivity contribution is 0.0726. The summed E-state index contributed by atoms with van der Waals surface area (Å²) in [6, 6.07) is 17.8. The number of nitrogens with one attached hydrogen (secondary N) is 1. The molecular formula is C23H23ClN4O2. The second kappa shape index (κ2) is 8.32. The zero-order chi connectivity index (χ0) is 21.3. The van der Waals surface area contributed by atoms with E-state index in [-0.39, 0.29) is 23.3 Å². The SMILES string of the molecule is COc1ccc(C(Nc2nc(Cl)nc3c2CN(C(C)C)C3=O)c2ccccc2)cc1. The van der Waals surface area contributed by atoms with Crippen LogP contribution in [0.2, 0.25) is 5.28 Å². The fraction of sp³-hybridized carbons (Fsp3) is 0.261. The Kier molecular flexibility index (Phi) is 5.59. The van der Waals surface area contributed by atoms with E-state index in [9.17, 15) is 4.79 Å². The fourth-order valence-electron chi connectivity index (χ4n) is 3.64. The fourth-order valence-corrected chi connectivity index (χ4v) is 3.80. The number of fused-ring (bicyclic) bond motifs is 1. The van der Waals surface area contributed by atoms with Crippen molar-refractivity contribution in [3.63, 3.8) is 0 Å². The maximum absolute atomic E-state index is 12.8. The first-order valence-corrected chi connectivity index (χ1v) is 10.2. The van der Waals surface area contributed by atoms with Crippen molar-refractivity contribution in [2.24, 2.45) is 0 Å². The van der Waals surface area contributed by atoms with E-state index in [2.05, 4.69) is 27.4 Å². The van der Waals surface area contributed by atoms with Gasteiger partial charge in [0, 0.05) is 11.6 Å². The molecule has 0 radical (unpaired) electrons. The van der Waals surface area contributed by atoms with Gasteiger partial charge in [-0.05, 0) is 48.7 Å². The van der Waals surface area contributed by atoms with Crippen LogP contribution in [0.15, 0.2) is 54.6 Å². The van der Waals surface area contributed by atoms with Crippen molar-refractivity contribution in [2.75, 3.05) is 12.4 Å². The quantitative estimate of drug-likeness (QED) is 0.583. The van der Waals surface area contributed by atoms with Crippen LogP contribution in [0.3, 0.4) is 0 Å². The molecule has 4 rings (SSSR count). The summed E-state index contributed by atoms with van der Waals surface area (Å²) in [5.74, 6) is 1.24. The molecule has 0 saturated heterocycles. The summed E-state index contributed by atoms with van der Waals surface area (Å²) in [7, 11) is 1.64. The van der Waals surface area contributed by atoms with Crippen LogP contribution in [0.25, 0.3) is 0 Å². The van der Waals surface area contributed by atoms with Gasteiger partial charge in [-0.25, -0.2) is 9.97 Å². The zero-order valence-electron chi connectivity index (χ0n) is 17.1. The minimum absolute atomic E-state index is 0.0525. The van der Waals surface area contributed by atoms with Crippen molar-refractivity contribution in [1.82, 2.24) is 14.9 Å². The van der Waals surface area contributed by atoms with Crippen molar-refractivity contribution >= 4 is 23.3 Å². The molecular weight excluding hydrogens is 400 g/mol. The number of amides is 1. The molecule has 1 aromatic heterocycles. The lowest BCUT2D eigenvalue weighted by Gasteiger charge is -2.22. The standard InChI is InChI=1S/C23H23ClN4O2/c1-14(2)28-13-18-20(22(28)29)26-23(24)27-21(18)25-19(15-7-5-4-6-8-15)16-9-11-17(30-3)12-10-16/h4-12,14,19H,13H2,1-3H3,(H,25,26,27). The number of carbonyl (C=O) groups is 1. The second-order valence-electron chi connectivity index (χ2n) is 7.46. The van der Waals surface area contributed by atoms with Gasteiger partial charge in [0.25, 0.3) is 5.91 Å². The highest BCUT2D eigenvalue weighted by molar-refractivity contribution is 6.28. The third-order valence-electron chi connectivity index (χ3n) is 5.26. The van der Waals surface area contributed by atoms with Gasteiger partial charge in [0.2, 0.25) is 5.28 Å². The first-order chi connectivity index (χ1) is 14.5. The van der Waals surface area contributed by atoms with Crippen LogP contribution in [0.5, 0.6) is 5.75 Å². The summed E-state index contributed by atoms with van der Waals surface area (Å²) >= 11 is 6.19. The third-order valence-corrected chi connectivity index (χ3v) is 5.43. The average molecular weight is 423 g/mol. The predicted octanol–water partition coefficient (Wildman–Crippen LogP) is 4.70. The molecule has 1 unspecified atom stereocenters. The highest BCUT2D eigenvalue weighted by Crippen LogP contribution is 2.34. The molecule has 0 fully saturated rings. The molecule has 2 heterocycles. The number of anilines is 1. The molecule has 0 spiro atoms. The summed E-state index contributed by atoms with van der Waals surface area (Å²) < 4.78 is 5.29. The van der Waals surface area contributed by atoms with Gasteiger partial charge in [0.15, 0.2) is 0 Å². The number of ether oxygens (including phenoxy) is 1. The van der Waals surface area contributed by atoms with Crippen LogP contribution in [0, 0.1) is 0 Å². The predicted molar refractivity (Wildman–Crippen MR) is 117 cm³/mol. The summed E-state index contributed by atoms with van der Waals surface area (Å²) in [5, 5.41) is 3.57. The van der Waals surface area contributed by atoms with Gasteiger partial charge in [0.05, 0.1) is 19.7 Å². The lowest BCUT2D eigenvalue weighted by atomic mass is 9.98. The van der Waals surface area contributed by atoms with Gasteiger partial charge >= 0.3 is 0 Å². The van der Waals surface area contributed by atoms with E-state index < -0.39 is 0 Å². The smallest absolute Gasteiger partial charge is 0.273 e. The minimum atomic E-state index is -0.185. The Morgan fingerprint density at radius 2 is 1.70 bits per heavy atom. The van der Waals surface area contributed by atoms with Crippen LogP contribution in [-0.2, 0) is 6.54 Å². The average Bonchev–Trinajstić information content (AvgIpc) is 3.09. The molecule has 7 heteroatoms. The Balaban J connectivity index is 1.76. The van der Waals surface area contributed by atoms with Crippen LogP contribution in [0.1, 0.15) is 47.1 Å². The summed E-state index contributed by atoms with van der Waals surface area (Å²) in [6.45, 7) is 4.42. The number of carbonyl (C=O) groups excluding carboxylic acids is 1. The highest BCUT2D eigenvalue weighted by atomic mass is 35.5. The highest BCUT2D eigenvalue weighted by Gasteiger charge is 2.34. The topological polar surface area (TPSA) is 67.3 Å². The number of hydrogen-bond donors (Lipinski definition) is 1. The van der Waals surface area contributed by atoms with Gasteiger partial charge in [-0.2, -0.15) is 0 Å². The van der Waals surface area contributed by atoms with E-state index >= 15 is 0 Å². The van der Waals surface area contributed by atoms with Crippen molar-refractivity contribution in [3.05, 3.63) is 82.3 Å². The molecule has 1 N–H and O–H groups in total.